The molecule has 2 aromatic carbocycles. The van der Waals surface area contributed by atoms with E-state index in [0.717, 1.165) is 30.8 Å². The average molecular weight is 502 g/mol. The largest absolute Gasteiger partial charge is 0.491 e. The summed E-state index contributed by atoms with van der Waals surface area (Å²) in [5, 5.41) is 1.84. The molecule has 0 aliphatic heterocycles. The van der Waals surface area contributed by atoms with Crippen LogP contribution in [0, 0.1) is 6.92 Å². The van der Waals surface area contributed by atoms with Gasteiger partial charge in [-0.15, -0.1) is 11.3 Å². The van der Waals surface area contributed by atoms with Crippen molar-refractivity contribution >= 4 is 60.3 Å². The fourth-order valence-electron chi connectivity index (χ4n) is 2.87. The SMILES string of the molecule is Cc1ccc(S(=O)(=O)OCCOc2ccc3nc(C=Cc4cnc(N(C)C)s4)sc3c2)cc1. The van der Waals surface area contributed by atoms with E-state index in [1.165, 1.54) is 12.1 Å². The highest BCUT2D eigenvalue weighted by molar-refractivity contribution is 7.86. The molecule has 172 valence electrons. The van der Waals surface area contributed by atoms with Crippen LogP contribution in [0.1, 0.15) is 15.4 Å². The van der Waals surface area contributed by atoms with Gasteiger partial charge in [0.1, 0.15) is 24.0 Å². The third kappa shape index (κ3) is 5.97. The van der Waals surface area contributed by atoms with Crippen LogP contribution in [0.5, 0.6) is 5.75 Å². The number of benzene rings is 2. The molecule has 0 saturated carbocycles. The fraction of sp³-hybridized carbons (Fsp3) is 0.217. The molecular formula is C23H23N3O4S3. The molecule has 7 nitrogen and oxygen atoms in total. The predicted molar refractivity (Wildman–Crippen MR) is 135 cm³/mol. The van der Waals surface area contributed by atoms with Gasteiger partial charge in [0.15, 0.2) is 5.13 Å². The number of nitrogens with zero attached hydrogens (tertiary/aromatic N) is 3. The van der Waals surface area contributed by atoms with Crippen molar-refractivity contribution in [2.75, 3.05) is 32.2 Å². The minimum Gasteiger partial charge on any atom is -0.491 e. The first-order valence-electron chi connectivity index (χ1n) is 10.1. The van der Waals surface area contributed by atoms with Crippen LogP contribution in [0.3, 0.4) is 0 Å². The van der Waals surface area contributed by atoms with Crippen molar-refractivity contribution < 1.29 is 17.3 Å². The van der Waals surface area contributed by atoms with E-state index in [-0.39, 0.29) is 18.1 Å². The second-order valence-electron chi connectivity index (χ2n) is 7.39. The zero-order valence-corrected chi connectivity index (χ0v) is 20.8. The molecule has 0 aliphatic rings. The van der Waals surface area contributed by atoms with Crippen molar-refractivity contribution in [3.8, 4) is 5.75 Å². The molecule has 0 unspecified atom stereocenters. The van der Waals surface area contributed by atoms with Crippen molar-refractivity contribution in [1.29, 1.82) is 0 Å². The van der Waals surface area contributed by atoms with Gasteiger partial charge in [0.2, 0.25) is 0 Å². The molecule has 0 bridgehead atoms. The molecule has 33 heavy (non-hydrogen) atoms. The van der Waals surface area contributed by atoms with Crippen LogP contribution in [0.4, 0.5) is 5.13 Å². The first-order valence-corrected chi connectivity index (χ1v) is 13.1. The number of fused-ring (bicyclic) bond motifs is 1. The number of hydrogen-bond donors (Lipinski definition) is 0. The van der Waals surface area contributed by atoms with E-state index in [0.29, 0.717) is 5.75 Å². The smallest absolute Gasteiger partial charge is 0.297 e. The van der Waals surface area contributed by atoms with Gasteiger partial charge in [-0.25, -0.2) is 9.97 Å². The Morgan fingerprint density at radius 2 is 1.82 bits per heavy atom. The third-order valence-corrected chi connectivity index (χ3v) is 8.00. The number of aromatic nitrogens is 2. The maximum absolute atomic E-state index is 12.2. The molecule has 4 rings (SSSR count). The molecule has 0 N–H and O–H groups in total. The van der Waals surface area contributed by atoms with Crippen molar-refractivity contribution in [2.24, 2.45) is 0 Å². The summed E-state index contributed by atoms with van der Waals surface area (Å²) in [4.78, 5) is 12.2. The van der Waals surface area contributed by atoms with E-state index >= 15 is 0 Å². The summed E-state index contributed by atoms with van der Waals surface area (Å²) >= 11 is 3.17. The summed E-state index contributed by atoms with van der Waals surface area (Å²) in [6.45, 7) is 1.93. The number of rotatable bonds is 9. The van der Waals surface area contributed by atoms with E-state index in [1.807, 2.05) is 62.5 Å². The van der Waals surface area contributed by atoms with E-state index in [2.05, 4.69) is 9.97 Å². The van der Waals surface area contributed by atoms with Crippen LogP contribution in [0.2, 0.25) is 0 Å². The van der Waals surface area contributed by atoms with Crippen molar-refractivity contribution in [3.05, 3.63) is 64.1 Å². The maximum atomic E-state index is 12.2. The first kappa shape index (κ1) is 23.4. The molecule has 0 fully saturated rings. The van der Waals surface area contributed by atoms with Crippen molar-refractivity contribution in [1.82, 2.24) is 9.97 Å². The number of anilines is 1. The quantitative estimate of drug-likeness (QED) is 0.234. The summed E-state index contributed by atoms with van der Waals surface area (Å²) in [6.07, 6.45) is 5.82. The highest BCUT2D eigenvalue weighted by Crippen LogP contribution is 2.28. The van der Waals surface area contributed by atoms with E-state index in [9.17, 15) is 8.42 Å². The Morgan fingerprint density at radius 1 is 1.03 bits per heavy atom. The molecule has 10 heteroatoms. The molecule has 0 radical (unpaired) electrons. The minimum atomic E-state index is -3.80. The Hall–Kier alpha value is -2.79. The van der Waals surface area contributed by atoms with Crippen molar-refractivity contribution in [3.63, 3.8) is 0 Å². The number of thiazole rings is 2. The maximum Gasteiger partial charge on any atom is 0.297 e. The monoisotopic (exact) mass is 501 g/mol. The highest BCUT2D eigenvalue weighted by Gasteiger charge is 2.14. The standard InChI is InChI=1S/C23H23N3O4S3/c1-16-4-8-19(9-5-16)33(27,28)30-13-12-29-17-6-10-20-21(14-17)32-22(25-20)11-7-18-15-24-23(31-18)26(2)3/h4-11,14-15H,12-13H2,1-3H3. The van der Waals surface area contributed by atoms with Gasteiger partial charge < -0.3 is 9.64 Å². The van der Waals surface area contributed by atoms with Gasteiger partial charge in [0.05, 0.1) is 15.1 Å². The van der Waals surface area contributed by atoms with Crippen LogP contribution in [-0.2, 0) is 14.3 Å². The molecule has 2 aromatic heterocycles. The Morgan fingerprint density at radius 3 is 2.55 bits per heavy atom. The molecular weight excluding hydrogens is 478 g/mol. The van der Waals surface area contributed by atoms with E-state index in [4.69, 9.17) is 8.92 Å². The zero-order valence-electron chi connectivity index (χ0n) is 18.4. The first-order chi connectivity index (χ1) is 15.8. The average Bonchev–Trinajstić information content (AvgIpc) is 3.42. The van der Waals surface area contributed by atoms with Crippen LogP contribution in [0.25, 0.3) is 22.4 Å². The minimum absolute atomic E-state index is 0.0747. The summed E-state index contributed by atoms with van der Waals surface area (Å²) in [7, 11) is 0.137. The van der Waals surface area contributed by atoms with Gasteiger partial charge in [0.25, 0.3) is 10.1 Å². The topological polar surface area (TPSA) is 81.6 Å². The molecule has 0 atom stereocenters. The Balaban J connectivity index is 1.34. The molecule has 0 aliphatic carbocycles. The van der Waals surface area contributed by atoms with Gasteiger partial charge in [-0.2, -0.15) is 8.42 Å². The Bertz CT molecular complexity index is 1370. The number of aryl methyl sites for hydroxylation is 1. The van der Waals surface area contributed by atoms with Crippen LogP contribution < -0.4 is 9.64 Å². The van der Waals surface area contributed by atoms with Gasteiger partial charge in [-0.05, 0) is 49.4 Å². The predicted octanol–water partition coefficient (Wildman–Crippen LogP) is 5.08. The summed E-state index contributed by atoms with van der Waals surface area (Å²) in [5.41, 5.74) is 1.86. The highest BCUT2D eigenvalue weighted by atomic mass is 32.2. The molecule has 0 spiro atoms. The second kappa shape index (κ2) is 10.0. The molecule has 0 amide bonds. The lowest BCUT2D eigenvalue weighted by Crippen LogP contribution is -2.13. The number of ether oxygens (including phenoxy) is 1. The molecule has 2 heterocycles. The second-order valence-corrected chi connectivity index (χ2v) is 11.1. The lowest BCUT2D eigenvalue weighted by atomic mass is 10.2. The van der Waals surface area contributed by atoms with Crippen LogP contribution >= 0.6 is 22.7 Å². The van der Waals surface area contributed by atoms with Gasteiger partial charge in [-0.3, -0.25) is 4.18 Å². The van der Waals surface area contributed by atoms with Crippen molar-refractivity contribution in [2.45, 2.75) is 11.8 Å². The Kier molecular flexibility index (Phi) is 7.08. The van der Waals surface area contributed by atoms with E-state index < -0.39 is 10.1 Å². The van der Waals surface area contributed by atoms with Gasteiger partial charge in [-0.1, -0.05) is 29.0 Å². The summed E-state index contributed by atoms with van der Waals surface area (Å²) in [6, 6.07) is 12.1. The summed E-state index contributed by atoms with van der Waals surface area (Å²) < 4.78 is 36.2. The van der Waals surface area contributed by atoms with Crippen LogP contribution in [0.15, 0.2) is 53.6 Å². The van der Waals surface area contributed by atoms with E-state index in [1.54, 1.807) is 34.8 Å². The normalized spacial score (nSPS) is 12.0. The van der Waals surface area contributed by atoms with Gasteiger partial charge in [0, 0.05) is 25.2 Å². The van der Waals surface area contributed by atoms with Crippen LogP contribution in [-0.4, -0.2) is 45.7 Å². The fourth-order valence-corrected chi connectivity index (χ4v) is 5.41. The Labute approximate surface area is 201 Å². The molecule has 0 saturated heterocycles. The van der Waals surface area contributed by atoms with Gasteiger partial charge >= 0.3 is 0 Å². The molecule has 4 aromatic rings. The number of hydrogen-bond acceptors (Lipinski definition) is 9. The summed E-state index contributed by atoms with van der Waals surface area (Å²) in [5.74, 6) is 0.635. The lowest BCUT2D eigenvalue weighted by Gasteiger charge is -2.08. The third-order valence-electron chi connectivity index (χ3n) is 4.56. The lowest BCUT2D eigenvalue weighted by molar-refractivity contribution is 0.221. The zero-order chi connectivity index (χ0) is 23.4.